The van der Waals surface area contributed by atoms with Crippen molar-refractivity contribution in [3.8, 4) is 5.75 Å². The summed E-state index contributed by atoms with van der Waals surface area (Å²) in [5.41, 5.74) is 0.547. The Morgan fingerprint density at radius 3 is 2.52 bits per heavy atom. The van der Waals surface area contributed by atoms with Crippen LogP contribution in [0.1, 0.15) is 12.0 Å². The van der Waals surface area contributed by atoms with Crippen LogP contribution in [-0.4, -0.2) is 43.1 Å². The topological polar surface area (TPSA) is 99.7 Å². The lowest BCUT2D eigenvalue weighted by Gasteiger charge is -2.22. The van der Waals surface area contributed by atoms with Gasteiger partial charge in [-0.3, -0.25) is 4.79 Å². The van der Waals surface area contributed by atoms with Crippen molar-refractivity contribution in [3.63, 3.8) is 0 Å². The van der Waals surface area contributed by atoms with Gasteiger partial charge in [-0.15, -0.1) is 0 Å². The van der Waals surface area contributed by atoms with Gasteiger partial charge in [0, 0.05) is 41.2 Å². The van der Waals surface area contributed by atoms with Crippen molar-refractivity contribution in [3.05, 3.63) is 69.5 Å². The van der Waals surface area contributed by atoms with Crippen molar-refractivity contribution < 1.29 is 18.3 Å². The molecule has 0 bridgehead atoms. The lowest BCUT2D eigenvalue weighted by molar-refractivity contribution is 0.267. The summed E-state index contributed by atoms with van der Waals surface area (Å²) in [5, 5.41) is 10.3. The number of aromatic nitrogens is 1. The average Bonchev–Trinajstić information content (AvgIpc) is 2.71. The fourth-order valence-corrected chi connectivity index (χ4v) is 4.53. The van der Waals surface area contributed by atoms with Crippen LogP contribution in [0.3, 0.4) is 0 Å². The highest BCUT2D eigenvalue weighted by Gasteiger charge is 2.25. The van der Waals surface area contributed by atoms with Gasteiger partial charge < -0.3 is 14.8 Å². The number of methoxy groups -OCH3 is 1. The molecule has 0 amide bonds. The molecule has 154 valence electrons. The molecule has 3 aromatic rings. The van der Waals surface area contributed by atoms with Crippen LogP contribution < -0.4 is 10.3 Å². The molecule has 0 unspecified atom stereocenters. The number of ether oxygens (including phenoxy) is 1. The summed E-state index contributed by atoms with van der Waals surface area (Å²) in [6, 6.07) is 12.7. The molecule has 3 rings (SSSR count). The van der Waals surface area contributed by atoms with Crippen LogP contribution in [-0.2, 0) is 16.6 Å². The number of benzene rings is 2. The molecular weight excluding hydrogens is 416 g/mol. The minimum absolute atomic E-state index is 0.0665. The Hall–Kier alpha value is -2.39. The lowest BCUT2D eigenvalue weighted by Crippen LogP contribution is -2.34. The Labute approximate surface area is 173 Å². The summed E-state index contributed by atoms with van der Waals surface area (Å²) in [6.07, 6.45) is 0.242. The number of nitrogens with zero attached hydrogens (tertiary/aromatic N) is 1. The minimum atomic E-state index is -3.89. The van der Waals surface area contributed by atoms with Crippen LogP contribution >= 0.6 is 11.6 Å². The van der Waals surface area contributed by atoms with Gasteiger partial charge in [-0.25, -0.2) is 8.42 Å². The second kappa shape index (κ2) is 8.96. The Kier molecular flexibility index (Phi) is 6.59. The molecule has 2 N–H and O–H groups in total. The van der Waals surface area contributed by atoms with Gasteiger partial charge in [-0.1, -0.05) is 11.6 Å². The summed E-state index contributed by atoms with van der Waals surface area (Å²) in [4.78, 5) is 15.4. The van der Waals surface area contributed by atoms with Crippen molar-refractivity contribution in [2.24, 2.45) is 0 Å². The Morgan fingerprint density at radius 1 is 1.14 bits per heavy atom. The second-order valence-electron chi connectivity index (χ2n) is 6.45. The smallest absolute Gasteiger partial charge is 0.252 e. The van der Waals surface area contributed by atoms with Crippen LogP contribution in [0.2, 0.25) is 5.02 Å². The van der Waals surface area contributed by atoms with Gasteiger partial charge in [-0.05, 0) is 55.0 Å². The minimum Gasteiger partial charge on any atom is -0.497 e. The van der Waals surface area contributed by atoms with Gasteiger partial charge in [-0.2, -0.15) is 4.31 Å². The molecule has 0 saturated carbocycles. The molecule has 0 saturated heterocycles. The van der Waals surface area contributed by atoms with E-state index in [0.717, 1.165) is 5.39 Å². The molecule has 0 atom stereocenters. The molecule has 9 heteroatoms. The number of pyridine rings is 1. The van der Waals surface area contributed by atoms with Crippen molar-refractivity contribution >= 4 is 32.5 Å². The maximum Gasteiger partial charge on any atom is 0.252 e. The summed E-state index contributed by atoms with van der Waals surface area (Å²) >= 11 is 5.86. The van der Waals surface area contributed by atoms with Crippen molar-refractivity contribution in [2.75, 3.05) is 20.3 Å². The van der Waals surface area contributed by atoms with Gasteiger partial charge in [0.25, 0.3) is 5.56 Å². The van der Waals surface area contributed by atoms with Gasteiger partial charge >= 0.3 is 0 Å². The predicted octanol–water partition coefficient (Wildman–Crippen LogP) is 2.76. The Morgan fingerprint density at radius 2 is 1.86 bits per heavy atom. The molecule has 2 aromatic carbocycles. The molecule has 0 spiro atoms. The molecule has 0 aliphatic heterocycles. The van der Waals surface area contributed by atoms with Gasteiger partial charge in [0.05, 0.1) is 12.0 Å². The largest absolute Gasteiger partial charge is 0.497 e. The number of sulfonamides is 1. The van der Waals surface area contributed by atoms with Crippen LogP contribution in [0, 0.1) is 0 Å². The van der Waals surface area contributed by atoms with E-state index >= 15 is 0 Å². The first-order valence-electron chi connectivity index (χ1n) is 8.91. The van der Waals surface area contributed by atoms with Gasteiger partial charge in [0.2, 0.25) is 10.0 Å². The van der Waals surface area contributed by atoms with E-state index in [9.17, 15) is 18.3 Å². The van der Waals surface area contributed by atoms with Crippen LogP contribution in [0.5, 0.6) is 5.75 Å². The molecule has 1 heterocycles. The van der Waals surface area contributed by atoms with E-state index in [0.29, 0.717) is 21.9 Å². The monoisotopic (exact) mass is 436 g/mol. The number of H-pyrrole nitrogens is 1. The molecular formula is C20H21ClN2O5S. The number of halogens is 1. The average molecular weight is 437 g/mol. The number of rotatable bonds is 8. The molecule has 0 radical (unpaired) electrons. The fraction of sp³-hybridized carbons (Fsp3) is 0.250. The van der Waals surface area contributed by atoms with Crippen molar-refractivity contribution in [1.82, 2.24) is 9.29 Å². The van der Waals surface area contributed by atoms with E-state index in [-0.39, 0.29) is 36.6 Å². The van der Waals surface area contributed by atoms with Gasteiger partial charge in [0.1, 0.15) is 5.75 Å². The van der Waals surface area contributed by atoms with E-state index in [1.54, 1.807) is 31.4 Å². The maximum absolute atomic E-state index is 13.1. The SMILES string of the molecule is COc1ccc2[nH]c(=O)c(CN(CCCO)S(=O)(=O)c3ccc(Cl)cc3)cc2c1. The summed E-state index contributed by atoms with van der Waals surface area (Å²) < 4.78 is 32.6. The van der Waals surface area contributed by atoms with E-state index in [2.05, 4.69) is 4.98 Å². The molecule has 0 fully saturated rings. The van der Waals surface area contributed by atoms with E-state index in [1.807, 2.05) is 0 Å². The zero-order valence-corrected chi connectivity index (χ0v) is 17.3. The normalized spacial score (nSPS) is 11.9. The third kappa shape index (κ3) is 4.79. The molecule has 1 aromatic heterocycles. The third-order valence-corrected chi connectivity index (χ3v) is 6.60. The summed E-state index contributed by atoms with van der Waals surface area (Å²) in [6.45, 7) is -0.234. The van der Waals surface area contributed by atoms with E-state index in [1.165, 1.54) is 28.6 Å². The standard InChI is InChI=1S/C20H21ClN2O5S/c1-28-17-5-8-19-14(12-17)11-15(20(25)22-19)13-23(9-2-10-24)29(26,27)18-6-3-16(21)4-7-18/h3-8,11-12,24H,2,9-10,13H2,1H3,(H,22,25). The van der Waals surface area contributed by atoms with Crippen molar-refractivity contribution in [2.45, 2.75) is 17.9 Å². The van der Waals surface area contributed by atoms with Crippen LogP contribution in [0.15, 0.2) is 58.2 Å². The number of aliphatic hydroxyl groups excluding tert-OH is 1. The third-order valence-electron chi connectivity index (χ3n) is 4.49. The van der Waals surface area contributed by atoms with Crippen LogP contribution in [0.4, 0.5) is 0 Å². The second-order valence-corrected chi connectivity index (χ2v) is 8.82. The van der Waals surface area contributed by atoms with Crippen LogP contribution in [0.25, 0.3) is 10.9 Å². The number of fused-ring (bicyclic) bond motifs is 1. The zero-order chi connectivity index (χ0) is 21.0. The number of hydrogen-bond acceptors (Lipinski definition) is 5. The van der Waals surface area contributed by atoms with Gasteiger partial charge in [0.15, 0.2) is 0 Å². The summed E-state index contributed by atoms with van der Waals surface area (Å²) in [7, 11) is -2.34. The fourth-order valence-electron chi connectivity index (χ4n) is 2.95. The first kappa shape index (κ1) is 21.3. The lowest BCUT2D eigenvalue weighted by atomic mass is 10.1. The Balaban J connectivity index is 2.01. The molecule has 7 nitrogen and oxygen atoms in total. The maximum atomic E-state index is 13.1. The first-order chi connectivity index (χ1) is 13.8. The predicted molar refractivity (Wildman–Crippen MR) is 112 cm³/mol. The highest BCUT2D eigenvalue weighted by Crippen LogP contribution is 2.22. The number of aromatic amines is 1. The Bertz CT molecular complexity index is 1160. The first-order valence-corrected chi connectivity index (χ1v) is 10.7. The highest BCUT2D eigenvalue weighted by atomic mass is 35.5. The number of hydrogen-bond donors (Lipinski definition) is 2. The molecule has 29 heavy (non-hydrogen) atoms. The number of nitrogens with one attached hydrogen (secondary N) is 1. The van der Waals surface area contributed by atoms with E-state index < -0.39 is 10.0 Å². The zero-order valence-electron chi connectivity index (χ0n) is 15.8. The molecule has 0 aliphatic carbocycles. The quantitative estimate of drug-likeness (QED) is 0.565. The van der Waals surface area contributed by atoms with E-state index in [4.69, 9.17) is 16.3 Å². The summed E-state index contributed by atoms with van der Waals surface area (Å²) in [5.74, 6) is 0.626. The van der Waals surface area contributed by atoms with Crippen molar-refractivity contribution in [1.29, 1.82) is 0 Å². The number of aliphatic hydroxyl groups is 1. The highest BCUT2D eigenvalue weighted by molar-refractivity contribution is 7.89. The molecule has 0 aliphatic rings.